The molecule has 0 saturated carbocycles. The van der Waals surface area contributed by atoms with Crippen molar-refractivity contribution < 1.29 is 14.4 Å². The summed E-state index contributed by atoms with van der Waals surface area (Å²) < 4.78 is 0. The highest BCUT2D eigenvalue weighted by Crippen LogP contribution is 2.24. The Morgan fingerprint density at radius 1 is 0.958 bits per heavy atom. The van der Waals surface area contributed by atoms with Gasteiger partial charge in [0.25, 0.3) is 17.6 Å². The molecule has 0 bridgehead atoms. The molecular weight excluding hydrogens is 328 g/mol. The lowest BCUT2D eigenvalue weighted by molar-refractivity contribution is -0.112. The molecule has 124 valence electrons. The van der Waals surface area contributed by atoms with Gasteiger partial charge in [0.15, 0.2) is 0 Å². The number of nitrogens with one attached hydrogen (secondary N) is 1. The van der Waals surface area contributed by atoms with Gasteiger partial charge in [-0.15, -0.1) is 0 Å². The predicted octanol–water partition coefficient (Wildman–Crippen LogP) is 3.17. The SMILES string of the molecule is Cc1ccc(C(=O)C(=O)Nc2cc(C(=O)N(C)C)ccc2Cl)cc1. The number of halogens is 1. The van der Waals surface area contributed by atoms with Gasteiger partial charge >= 0.3 is 0 Å². The van der Waals surface area contributed by atoms with E-state index >= 15 is 0 Å². The minimum atomic E-state index is -0.810. The molecule has 0 unspecified atom stereocenters. The molecule has 0 radical (unpaired) electrons. The lowest BCUT2D eigenvalue weighted by Crippen LogP contribution is -2.24. The molecule has 1 N–H and O–H groups in total. The number of rotatable bonds is 4. The standard InChI is InChI=1S/C18H17ClN2O3/c1-11-4-6-12(7-5-11)16(22)17(23)20-15-10-13(8-9-14(15)19)18(24)21(2)3/h4-10H,1-3H3,(H,20,23). The molecule has 0 fully saturated rings. The van der Waals surface area contributed by atoms with Crippen molar-refractivity contribution in [3.8, 4) is 0 Å². The molecule has 2 aromatic carbocycles. The van der Waals surface area contributed by atoms with E-state index < -0.39 is 11.7 Å². The summed E-state index contributed by atoms with van der Waals surface area (Å²) in [6, 6.07) is 11.2. The Balaban J connectivity index is 2.22. The molecule has 2 aromatic rings. The van der Waals surface area contributed by atoms with E-state index in [2.05, 4.69) is 5.32 Å². The zero-order valence-corrected chi connectivity index (χ0v) is 14.3. The van der Waals surface area contributed by atoms with Crippen molar-refractivity contribution in [1.29, 1.82) is 0 Å². The zero-order chi connectivity index (χ0) is 17.9. The van der Waals surface area contributed by atoms with Crippen molar-refractivity contribution in [3.63, 3.8) is 0 Å². The fourth-order valence-electron chi connectivity index (χ4n) is 2.03. The second-order valence-corrected chi connectivity index (χ2v) is 5.95. The number of nitrogens with zero attached hydrogens (tertiary/aromatic N) is 1. The molecule has 0 spiro atoms. The van der Waals surface area contributed by atoms with Gasteiger partial charge in [-0.2, -0.15) is 0 Å². The summed E-state index contributed by atoms with van der Waals surface area (Å²) in [5.41, 5.74) is 1.86. The maximum atomic E-state index is 12.2. The molecule has 2 amide bonds. The number of amides is 2. The highest BCUT2D eigenvalue weighted by atomic mass is 35.5. The highest BCUT2D eigenvalue weighted by molar-refractivity contribution is 6.47. The Hall–Kier alpha value is -2.66. The van der Waals surface area contributed by atoms with E-state index in [1.54, 1.807) is 44.4 Å². The van der Waals surface area contributed by atoms with Gasteiger partial charge in [0.1, 0.15) is 0 Å². The summed E-state index contributed by atoms with van der Waals surface area (Å²) in [5, 5.41) is 2.71. The number of Topliss-reactive ketones (excluding diaryl/α,β-unsaturated/α-hetero) is 1. The minimum Gasteiger partial charge on any atom is -0.345 e. The van der Waals surface area contributed by atoms with Crippen LogP contribution in [0.15, 0.2) is 42.5 Å². The zero-order valence-electron chi connectivity index (χ0n) is 13.6. The molecule has 0 aliphatic carbocycles. The topological polar surface area (TPSA) is 66.5 Å². The van der Waals surface area contributed by atoms with Crippen LogP contribution in [0.25, 0.3) is 0 Å². The van der Waals surface area contributed by atoms with Gasteiger partial charge in [-0.3, -0.25) is 14.4 Å². The average Bonchev–Trinajstić information content (AvgIpc) is 2.56. The van der Waals surface area contributed by atoms with Crippen molar-refractivity contribution >= 4 is 34.9 Å². The van der Waals surface area contributed by atoms with Gasteiger partial charge in [0.05, 0.1) is 10.7 Å². The van der Waals surface area contributed by atoms with Crippen LogP contribution >= 0.6 is 11.6 Å². The average molecular weight is 345 g/mol. The summed E-state index contributed by atoms with van der Waals surface area (Å²) in [7, 11) is 3.24. The Kier molecular flexibility index (Phi) is 5.36. The molecule has 6 heteroatoms. The number of carbonyl (C=O) groups is 3. The van der Waals surface area contributed by atoms with Gasteiger partial charge in [-0.25, -0.2) is 0 Å². The third-order valence-electron chi connectivity index (χ3n) is 3.39. The van der Waals surface area contributed by atoms with Gasteiger partial charge in [0, 0.05) is 25.2 Å². The molecule has 0 aliphatic heterocycles. The molecule has 0 aliphatic rings. The largest absolute Gasteiger partial charge is 0.345 e. The normalized spacial score (nSPS) is 10.2. The fraction of sp³-hybridized carbons (Fsp3) is 0.167. The first-order valence-electron chi connectivity index (χ1n) is 7.23. The first-order chi connectivity index (χ1) is 11.3. The van der Waals surface area contributed by atoms with E-state index in [1.807, 2.05) is 6.92 Å². The second kappa shape index (κ2) is 7.27. The lowest BCUT2D eigenvalue weighted by atomic mass is 10.1. The third-order valence-corrected chi connectivity index (χ3v) is 3.72. The van der Waals surface area contributed by atoms with Crippen molar-refractivity contribution in [3.05, 3.63) is 64.2 Å². The molecule has 0 heterocycles. The number of aryl methyl sites for hydroxylation is 1. The second-order valence-electron chi connectivity index (χ2n) is 5.54. The summed E-state index contributed by atoms with van der Waals surface area (Å²) in [5.74, 6) is -1.71. The van der Waals surface area contributed by atoms with Crippen LogP contribution in [-0.2, 0) is 4.79 Å². The van der Waals surface area contributed by atoms with E-state index in [-0.39, 0.29) is 22.2 Å². The Labute approximate surface area is 145 Å². The van der Waals surface area contributed by atoms with Crippen LogP contribution in [0.1, 0.15) is 26.3 Å². The molecular formula is C18H17ClN2O3. The first kappa shape index (κ1) is 17.7. The number of carbonyl (C=O) groups excluding carboxylic acids is 3. The fourth-order valence-corrected chi connectivity index (χ4v) is 2.19. The van der Waals surface area contributed by atoms with Crippen LogP contribution in [0.4, 0.5) is 5.69 Å². The number of hydrogen-bond acceptors (Lipinski definition) is 3. The Bertz CT molecular complexity index is 798. The van der Waals surface area contributed by atoms with Gasteiger partial charge < -0.3 is 10.2 Å². The van der Waals surface area contributed by atoms with Crippen molar-refractivity contribution in [2.75, 3.05) is 19.4 Å². The smallest absolute Gasteiger partial charge is 0.296 e. The maximum absolute atomic E-state index is 12.2. The summed E-state index contributed by atoms with van der Waals surface area (Å²) >= 11 is 6.05. The van der Waals surface area contributed by atoms with Crippen LogP contribution in [0.3, 0.4) is 0 Å². The van der Waals surface area contributed by atoms with Gasteiger partial charge in [-0.1, -0.05) is 41.4 Å². The molecule has 2 rings (SSSR count). The van der Waals surface area contributed by atoms with Crippen molar-refractivity contribution in [2.24, 2.45) is 0 Å². The highest BCUT2D eigenvalue weighted by Gasteiger charge is 2.18. The van der Waals surface area contributed by atoms with E-state index in [0.717, 1.165) is 5.56 Å². The van der Waals surface area contributed by atoms with Crippen LogP contribution in [-0.4, -0.2) is 36.6 Å². The lowest BCUT2D eigenvalue weighted by Gasteiger charge is -2.12. The number of hydrogen-bond donors (Lipinski definition) is 1. The quantitative estimate of drug-likeness (QED) is 0.684. The van der Waals surface area contributed by atoms with Crippen LogP contribution < -0.4 is 5.32 Å². The maximum Gasteiger partial charge on any atom is 0.296 e. The third kappa shape index (κ3) is 4.00. The summed E-state index contributed by atoms with van der Waals surface area (Å²) in [4.78, 5) is 37.7. The van der Waals surface area contributed by atoms with E-state index in [4.69, 9.17) is 11.6 Å². The van der Waals surface area contributed by atoms with Gasteiger partial charge in [0.2, 0.25) is 0 Å². The molecule has 5 nitrogen and oxygen atoms in total. The Morgan fingerprint density at radius 3 is 2.12 bits per heavy atom. The number of benzene rings is 2. The van der Waals surface area contributed by atoms with E-state index in [0.29, 0.717) is 5.56 Å². The monoisotopic (exact) mass is 344 g/mol. The van der Waals surface area contributed by atoms with Crippen LogP contribution in [0.5, 0.6) is 0 Å². The van der Waals surface area contributed by atoms with Gasteiger partial charge in [-0.05, 0) is 25.1 Å². The summed E-state index contributed by atoms with van der Waals surface area (Å²) in [6.45, 7) is 1.89. The predicted molar refractivity (Wildman–Crippen MR) is 93.6 cm³/mol. The van der Waals surface area contributed by atoms with Crippen LogP contribution in [0.2, 0.25) is 5.02 Å². The van der Waals surface area contributed by atoms with Crippen molar-refractivity contribution in [2.45, 2.75) is 6.92 Å². The number of anilines is 1. The molecule has 0 aromatic heterocycles. The molecule has 24 heavy (non-hydrogen) atoms. The Morgan fingerprint density at radius 2 is 1.54 bits per heavy atom. The van der Waals surface area contributed by atoms with E-state index in [9.17, 15) is 14.4 Å². The van der Waals surface area contributed by atoms with E-state index in [1.165, 1.54) is 17.0 Å². The molecule has 0 atom stereocenters. The van der Waals surface area contributed by atoms with Crippen molar-refractivity contribution in [1.82, 2.24) is 4.90 Å². The summed E-state index contributed by atoms with van der Waals surface area (Å²) in [6.07, 6.45) is 0. The first-order valence-corrected chi connectivity index (χ1v) is 7.61. The number of ketones is 1. The van der Waals surface area contributed by atoms with Crippen LogP contribution in [0, 0.1) is 6.92 Å². The molecule has 0 saturated heterocycles. The minimum absolute atomic E-state index is 0.217.